The number of thiophene rings is 1. The van der Waals surface area contributed by atoms with Gasteiger partial charge in [0.05, 0.1) is 22.3 Å². The van der Waals surface area contributed by atoms with Gasteiger partial charge in [-0.1, -0.05) is 13.8 Å². The number of aldehydes is 1. The van der Waals surface area contributed by atoms with Crippen LogP contribution in [0.4, 0.5) is 0 Å². The number of nitrogens with zero attached hydrogens (tertiary/aromatic N) is 3. The van der Waals surface area contributed by atoms with Gasteiger partial charge in [-0.2, -0.15) is 0 Å². The number of H-pyrrole nitrogens is 1. The molecular formula is C19H20N4O2S. The third kappa shape index (κ3) is 3.03. The summed E-state index contributed by atoms with van der Waals surface area (Å²) in [7, 11) is 0. The number of carbonyl (C=O) groups is 2. The Morgan fingerprint density at radius 1 is 1.42 bits per heavy atom. The van der Waals surface area contributed by atoms with Crippen molar-refractivity contribution in [2.24, 2.45) is 5.41 Å². The van der Waals surface area contributed by atoms with E-state index in [0.29, 0.717) is 17.6 Å². The van der Waals surface area contributed by atoms with Gasteiger partial charge in [-0.15, -0.1) is 11.3 Å². The van der Waals surface area contributed by atoms with Crippen LogP contribution in [0.5, 0.6) is 0 Å². The number of carbonyl (C=O) groups excluding carboxylic acids is 2. The fourth-order valence-corrected chi connectivity index (χ4v) is 3.85. The molecule has 0 spiro atoms. The van der Waals surface area contributed by atoms with Crippen LogP contribution < -0.4 is 0 Å². The van der Waals surface area contributed by atoms with E-state index in [9.17, 15) is 9.59 Å². The maximum absolute atomic E-state index is 12.3. The molecule has 1 aliphatic rings. The second-order valence-electron chi connectivity index (χ2n) is 7.39. The Hall–Kier alpha value is -2.54. The average Bonchev–Trinajstić information content (AvgIpc) is 3.20. The molecule has 6 nitrogen and oxygen atoms in total. The minimum atomic E-state index is -0.452. The van der Waals surface area contributed by atoms with Crippen molar-refractivity contribution < 1.29 is 9.59 Å². The number of rotatable bonds is 5. The molecule has 1 N–H and O–H groups in total. The summed E-state index contributed by atoms with van der Waals surface area (Å²) in [5.74, 6) is 0.0860. The van der Waals surface area contributed by atoms with Gasteiger partial charge >= 0.3 is 0 Å². The predicted octanol–water partition coefficient (Wildman–Crippen LogP) is 3.30. The molecule has 4 heterocycles. The lowest BCUT2D eigenvalue weighted by molar-refractivity contribution is -0.114. The minimum Gasteiger partial charge on any atom is -0.345 e. The zero-order valence-electron chi connectivity index (χ0n) is 14.8. The van der Waals surface area contributed by atoms with Crippen LogP contribution in [0.25, 0.3) is 21.7 Å². The number of likely N-dealkylation sites (tertiary alicyclic amines) is 1. The summed E-state index contributed by atoms with van der Waals surface area (Å²) < 4.78 is 0. The monoisotopic (exact) mass is 368 g/mol. The maximum Gasteiger partial charge on any atom is 0.254 e. The van der Waals surface area contributed by atoms with Crippen LogP contribution in [0.1, 0.15) is 36.2 Å². The van der Waals surface area contributed by atoms with Crippen molar-refractivity contribution in [2.75, 3.05) is 13.1 Å². The third-order valence-corrected chi connectivity index (χ3v) is 5.62. The van der Waals surface area contributed by atoms with Crippen molar-refractivity contribution in [3.8, 4) is 10.6 Å². The van der Waals surface area contributed by atoms with E-state index in [-0.39, 0.29) is 5.91 Å². The van der Waals surface area contributed by atoms with E-state index in [1.165, 1.54) is 11.3 Å². The Kier molecular flexibility index (Phi) is 4.11. The van der Waals surface area contributed by atoms with E-state index >= 15 is 0 Å². The Morgan fingerprint density at radius 3 is 2.92 bits per heavy atom. The molecule has 1 saturated heterocycles. The van der Waals surface area contributed by atoms with Gasteiger partial charge in [0.1, 0.15) is 11.8 Å². The largest absolute Gasteiger partial charge is 0.345 e. The highest BCUT2D eigenvalue weighted by molar-refractivity contribution is 7.13. The van der Waals surface area contributed by atoms with Crippen LogP contribution in [0.2, 0.25) is 0 Å². The van der Waals surface area contributed by atoms with Gasteiger partial charge in [-0.05, 0) is 24.5 Å². The first-order valence-electron chi connectivity index (χ1n) is 8.64. The molecule has 3 aromatic heterocycles. The first-order valence-corrected chi connectivity index (χ1v) is 9.52. The Balaban J connectivity index is 1.66. The molecule has 0 bridgehead atoms. The second kappa shape index (κ2) is 6.32. The number of hydrogen-bond acceptors (Lipinski definition) is 5. The molecule has 4 rings (SSSR count). The zero-order valence-corrected chi connectivity index (χ0v) is 15.6. The van der Waals surface area contributed by atoms with Gasteiger partial charge in [0.25, 0.3) is 5.91 Å². The first-order chi connectivity index (χ1) is 12.5. The van der Waals surface area contributed by atoms with Crippen molar-refractivity contribution in [2.45, 2.75) is 26.7 Å². The second-order valence-corrected chi connectivity index (χ2v) is 8.31. The molecule has 0 aliphatic carbocycles. The lowest BCUT2D eigenvalue weighted by atomic mass is 9.88. The SMILES string of the molecule is CC(C)(C=O)Cc1c[nH]c2ncc(-c3cc(C(=O)N4CCC4)cs3)nc12. The normalized spacial score (nSPS) is 14.5. The van der Waals surface area contributed by atoms with E-state index in [0.717, 1.165) is 47.4 Å². The summed E-state index contributed by atoms with van der Waals surface area (Å²) >= 11 is 1.50. The molecule has 0 radical (unpaired) electrons. The molecule has 0 unspecified atom stereocenters. The van der Waals surface area contributed by atoms with E-state index in [1.807, 2.05) is 36.4 Å². The topological polar surface area (TPSA) is 79.0 Å². The van der Waals surface area contributed by atoms with Crippen LogP contribution in [-0.2, 0) is 11.2 Å². The minimum absolute atomic E-state index is 0.0860. The van der Waals surface area contributed by atoms with Crippen LogP contribution in [0.3, 0.4) is 0 Å². The summed E-state index contributed by atoms with van der Waals surface area (Å²) in [5.41, 5.74) is 3.46. The molecule has 1 amide bonds. The number of amides is 1. The van der Waals surface area contributed by atoms with Crippen molar-refractivity contribution >= 4 is 34.7 Å². The van der Waals surface area contributed by atoms with Gasteiger partial charge in [0.15, 0.2) is 5.65 Å². The van der Waals surface area contributed by atoms with E-state index in [2.05, 4.69) is 9.97 Å². The lowest BCUT2D eigenvalue weighted by Gasteiger charge is -2.30. The summed E-state index contributed by atoms with van der Waals surface area (Å²) in [6.45, 7) is 5.50. The van der Waals surface area contributed by atoms with E-state index < -0.39 is 5.41 Å². The molecule has 0 aromatic carbocycles. The van der Waals surface area contributed by atoms with Crippen molar-refractivity contribution in [1.82, 2.24) is 19.9 Å². The highest BCUT2D eigenvalue weighted by Crippen LogP contribution is 2.30. The smallest absolute Gasteiger partial charge is 0.254 e. The number of aromatic nitrogens is 3. The number of hydrogen-bond donors (Lipinski definition) is 1. The zero-order chi connectivity index (χ0) is 18.3. The van der Waals surface area contributed by atoms with Gasteiger partial charge < -0.3 is 14.7 Å². The number of nitrogens with one attached hydrogen (secondary N) is 1. The van der Waals surface area contributed by atoms with Crippen LogP contribution in [0, 0.1) is 5.41 Å². The van der Waals surface area contributed by atoms with Gasteiger partial charge in [0, 0.05) is 30.1 Å². The molecule has 0 saturated carbocycles. The van der Waals surface area contributed by atoms with E-state index in [1.54, 1.807) is 6.20 Å². The van der Waals surface area contributed by atoms with Gasteiger partial charge in [-0.25, -0.2) is 9.97 Å². The fourth-order valence-electron chi connectivity index (χ4n) is 3.01. The van der Waals surface area contributed by atoms with Crippen LogP contribution in [0.15, 0.2) is 23.8 Å². The molecular weight excluding hydrogens is 348 g/mol. The summed E-state index contributed by atoms with van der Waals surface area (Å²) in [6.07, 6.45) is 6.23. The third-order valence-electron chi connectivity index (χ3n) is 4.67. The van der Waals surface area contributed by atoms with Crippen molar-refractivity contribution in [1.29, 1.82) is 0 Å². The first kappa shape index (κ1) is 16.9. The quantitative estimate of drug-likeness (QED) is 0.701. The Bertz CT molecular complexity index is 985. The molecule has 1 fully saturated rings. The molecule has 26 heavy (non-hydrogen) atoms. The standard InChI is InChI=1S/C19H20N4O2S/c1-19(2,11-24)7-13-8-20-17-16(13)22-14(9-21-17)15-6-12(10-26-15)18(25)23-4-3-5-23/h6,8-11H,3-5,7H2,1-2H3,(H,20,21). The highest BCUT2D eigenvalue weighted by Gasteiger charge is 2.23. The molecule has 7 heteroatoms. The van der Waals surface area contributed by atoms with E-state index in [4.69, 9.17) is 4.98 Å². The van der Waals surface area contributed by atoms with Gasteiger partial charge in [0.2, 0.25) is 0 Å². The predicted molar refractivity (Wildman–Crippen MR) is 101 cm³/mol. The van der Waals surface area contributed by atoms with Gasteiger partial charge in [-0.3, -0.25) is 4.79 Å². The molecule has 134 valence electrons. The highest BCUT2D eigenvalue weighted by atomic mass is 32.1. The summed E-state index contributed by atoms with van der Waals surface area (Å²) in [6, 6.07) is 1.89. The summed E-state index contributed by atoms with van der Waals surface area (Å²) in [4.78, 5) is 38.7. The number of aromatic amines is 1. The van der Waals surface area contributed by atoms with Crippen molar-refractivity contribution in [3.05, 3.63) is 35.0 Å². The number of fused-ring (bicyclic) bond motifs is 1. The molecule has 0 atom stereocenters. The molecule has 3 aromatic rings. The maximum atomic E-state index is 12.3. The lowest BCUT2D eigenvalue weighted by Crippen LogP contribution is -2.41. The fraction of sp³-hybridized carbons (Fsp3) is 0.368. The van der Waals surface area contributed by atoms with Crippen molar-refractivity contribution in [3.63, 3.8) is 0 Å². The Labute approximate surface area is 155 Å². The van der Waals surface area contributed by atoms with Crippen LogP contribution >= 0.6 is 11.3 Å². The Morgan fingerprint density at radius 2 is 2.23 bits per heavy atom. The summed E-state index contributed by atoms with van der Waals surface area (Å²) in [5, 5.41) is 1.88. The molecule has 1 aliphatic heterocycles. The average molecular weight is 368 g/mol. The van der Waals surface area contributed by atoms with Crippen LogP contribution in [-0.4, -0.2) is 45.1 Å².